The Balaban J connectivity index is 1.62. The van der Waals surface area contributed by atoms with Crippen molar-refractivity contribution in [3.8, 4) is 0 Å². The first-order valence-corrected chi connectivity index (χ1v) is 8.36. The molecule has 0 bridgehead atoms. The third kappa shape index (κ3) is 4.77. The van der Waals surface area contributed by atoms with E-state index in [0.29, 0.717) is 28.8 Å². The molecule has 0 atom stereocenters. The zero-order chi connectivity index (χ0) is 18.5. The van der Waals surface area contributed by atoms with Gasteiger partial charge in [-0.15, -0.1) is 5.10 Å². The number of hydrogen-bond donors (Lipinski definition) is 2. The molecule has 5 nitrogen and oxygen atoms in total. The zero-order valence-electron chi connectivity index (χ0n) is 13.3. The summed E-state index contributed by atoms with van der Waals surface area (Å²) in [7, 11) is 0. The number of nitrogens with one attached hydrogen (secondary N) is 2. The van der Waals surface area contributed by atoms with Crippen LogP contribution in [0.1, 0.15) is 5.56 Å². The first-order chi connectivity index (χ1) is 12.5. The number of aromatic nitrogens is 3. The van der Waals surface area contributed by atoms with Crippen molar-refractivity contribution in [2.45, 2.75) is 6.42 Å². The fourth-order valence-electron chi connectivity index (χ4n) is 2.20. The zero-order valence-corrected chi connectivity index (χ0v) is 14.8. The summed E-state index contributed by atoms with van der Waals surface area (Å²) in [6.45, 7) is 0.546. The van der Waals surface area contributed by atoms with Crippen molar-refractivity contribution in [1.29, 1.82) is 0 Å². The van der Waals surface area contributed by atoms with Gasteiger partial charge >= 0.3 is 0 Å². The summed E-state index contributed by atoms with van der Waals surface area (Å²) in [5.41, 5.74) is 0.996. The van der Waals surface area contributed by atoms with Gasteiger partial charge in [0.05, 0.1) is 11.9 Å². The molecule has 1 aromatic heterocycles. The monoisotopic (exact) mass is 395 g/mol. The van der Waals surface area contributed by atoms with E-state index in [2.05, 4.69) is 25.8 Å². The quantitative estimate of drug-likeness (QED) is 0.624. The van der Waals surface area contributed by atoms with Crippen molar-refractivity contribution < 1.29 is 8.78 Å². The first kappa shape index (κ1) is 18.3. The second-order valence-electron chi connectivity index (χ2n) is 5.33. The maximum Gasteiger partial charge on any atom is 0.249 e. The van der Waals surface area contributed by atoms with Gasteiger partial charge in [-0.25, -0.2) is 8.78 Å². The van der Waals surface area contributed by atoms with Crippen LogP contribution in [0.15, 0.2) is 42.6 Å². The molecular weight excluding hydrogens is 383 g/mol. The predicted molar refractivity (Wildman–Crippen MR) is 98.1 cm³/mol. The lowest BCUT2D eigenvalue weighted by atomic mass is 10.1. The summed E-state index contributed by atoms with van der Waals surface area (Å²) >= 11 is 12.0. The second-order valence-corrected chi connectivity index (χ2v) is 6.17. The molecular formula is C17H13Cl2F2N5. The number of anilines is 3. The minimum atomic E-state index is -0.746. The third-order valence-electron chi connectivity index (χ3n) is 3.45. The topological polar surface area (TPSA) is 62.7 Å². The Bertz CT molecular complexity index is 923. The Hall–Kier alpha value is -2.51. The Morgan fingerprint density at radius 1 is 1.04 bits per heavy atom. The van der Waals surface area contributed by atoms with E-state index < -0.39 is 11.6 Å². The normalized spacial score (nSPS) is 10.6. The highest BCUT2D eigenvalue weighted by Crippen LogP contribution is 2.22. The minimum absolute atomic E-state index is 0.0540. The average Bonchev–Trinajstić information content (AvgIpc) is 2.60. The average molecular weight is 396 g/mol. The van der Waals surface area contributed by atoms with Gasteiger partial charge in [0.25, 0.3) is 0 Å². The molecule has 0 spiro atoms. The lowest BCUT2D eigenvalue weighted by molar-refractivity contribution is 0.586. The van der Waals surface area contributed by atoms with Gasteiger partial charge in [-0.2, -0.15) is 10.1 Å². The highest BCUT2D eigenvalue weighted by Gasteiger charge is 2.07. The molecule has 26 heavy (non-hydrogen) atoms. The molecule has 0 aliphatic heterocycles. The molecule has 0 radical (unpaired) electrons. The van der Waals surface area contributed by atoms with Crippen LogP contribution in [0.4, 0.5) is 26.2 Å². The standard InChI is InChI=1S/C17H13Cl2F2N5/c18-11-2-1-10(13(19)7-11)5-6-22-16-9-23-26-17(25-16)24-15-4-3-12(20)8-14(15)21/h1-4,7-9H,5-6H2,(H2,22,24,25,26). The van der Waals surface area contributed by atoms with Crippen LogP contribution in [-0.2, 0) is 6.42 Å². The third-order valence-corrected chi connectivity index (χ3v) is 4.04. The van der Waals surface area contributed by atoms with Gasteiger partial charge in [0.2, 0.25) is 5.95 Å². The first-order valence-electron chi connectivity index (χ1n) is 7.61. The lowest BCUT2D eigenvalue weighted by Crippen LogP contribution is -2.09. The molecule has 0 amide bonds. The molecule has 0 aliphatic rings. The molecule has 3 rings (SSSR count). The molecule has 2 aromatic carbocycles. The molecule has 2 N–H and O–H groups in total. The molecule has 3 aromatic rings. The van der Waals surface area contributed by atoms with Crippen LogP contribution in [0.3, 0.4) is 0 Å². The molecule has 1 heterocycles. The second kappa shape index (κ2) is 8.25. The van der Waals surface area contributed by atoms with Crippen molar-refractivity contribution in [3.63, 3.8) is 0 Å². The fourth-order valence-corrected chi connectivity index (χ4v) is 2.71. The van der Waals surface area contributed by atoms with Crippen LogP contribution in [-0.4, -0.2) is 21.7 Å². The van der Waals surface area contributed by atoms with E-state index in [-0.39, 0.29) is 11.6 Å². The number of nitrogens with zero attached hydrogens (tertiary/aromatic N) is 3. The van der Waals surface area contributed by atoms with Crippen LogP contribution in [0.25, 0.3) is 0 Å². The number of hydrogen-bond acceptors (Lipinski definition) is 5. The van der Waals surface area contributed by atoms with Crippen molar-refractivity contribution in [2.24, 2.45) is 0 Å². The van der Waals surface area contributed by atoms with Gasteiger partial charge in [0.15, 0.2) is 5.82 Å². The summed E-state index contributed by atoms with van der Waals surface area (Å²) in [5.74, 6) is -0.868. The summed E-state index contributed by atoms with van der Waals surface area (Å²) in [4.78, 5) is 4.19. The molecule has 0 unspecified atom stereocenters. The van der Waals surface area contributed by atoms with E-state index in [9.17, 15) is 8.78 Å². The predicted octanol–water partition coefficient (Wildman–Crippen LogP) is 4.85. The number of benzene rings is 2. The van der Waals surface area contributed by atoms with Crippen LogP contribution in [0, 0.1) is 11.6 Å². The number of rotatable bonds is 6. The van der Waals surface area contributed by atoms with Crippen LogP contribution < -0.4 is 10.6 Å². The molecule has 0 saturated heterocycles. The summed E-state index contributed by atoms with van der Waals surface area (Å²) in [5, 5.41) is 14.5. The summed E-state index contributed by atoms with van der Waals surface area (Å²) in [6.07, 6.45) is 2.09. The van der Waals surface area contributed by atoms with Gasteiger partial charge < -0.3 is 10.6 Å². The van der Waals surface area contributed by atoms with E-state index >= 15 is 0 Å². The van der Waals surface area contributed by atoms with E-state index in [1.807, 2.05) is 6.07 Å². The van der Waals surface area contributed by atoms with Gasteiger partial charge in [-0.05, 0) is 36.2 Å². The molecule has 9 heteroatoms. The van der Waals surface area contributed by atoms with E-state index in [4.69, 9.17) is 23.2 Å². The minimum Gasteiger partial charge on any atom is -0.368 e. The van der Waals surface area contributed by atoms with Crippen LogP contribution >= 0.6 is 23.2 Å². The smallest absolute Gasteiger partial charge is 0.249 e. The van der Waals surface area contributed by atoms with Gasteiger partial charge in [0.1, 0.15) is 11.6 Å². The largest absolute Gasteiger partial charge is 0.368 e. The van der Waals surface area contributed by atoms with Crippen molar-refractivity contribution in [3.05, 3.63) is 69.8 Å². The van der Waals surface area contributed by atoms with E-state index in [1.165, 1.54) is 12.3 Å². The highest BCUT2D eigenvalue weighted by molar-refractivity contribution is 6.35. The maximum absolute atomic E-state index is 13.7. The molecule has 0 fully saturated rings. The van der Waals surface area contributed by atoms with Crippen LogP contribution in [0.5, 0.6) is 0 Å². The van der Waals surface area contributed by atoms with Crippen molar-refractivity contribution in [2.75, 3.05) is 17.2 Å². The van der Waals surface area contributed by atoms with Gasteiger partial charge in [-0.1, -0.05) is 29.3 Å². The van der Waals surface area contributed by atoms with Gasteiger partial charge in [0, 0.05) is 22.7 Å². The Labute approximate surface area is 158 Å². The Morgan fingerprint density at radius 2 is 1.88 bits per heavy atom. The lowest BCUT2D eigenvalue weighted by Gasteiger charge is -2.09. The number of halogens is 4. The Kier molecular flexibility index (Phi) is 5.80. The van der Waals surface area contributed by atoms with Crippen molar-refractivity contribution >= 4 is 40.7 Å². The Morgan fingerprint density at radius 3 is 2.65 bits per heavy atom. The maximum atomic E-state index is 13.7. The molecule has 134 valence electrons. The highest BCUT2D eigenvalue weighted by atomic mass is 35.5. The van der Waals surface area contributed by atoms with Gasteiger partial charge in [-0.3, -0.25) is 0 Å². The molecule has 0 saturated carbocycles. The van der Waals surface area contributed by atoms with Crippen LogP contribution in [0.2, 0.25) is 10.0 Å². The summed E-state index contributed by atoms with van der Waals surface area (Å²) in [6, 6.07) is 8.48. The molecule has 0 aliphatic carbocycles. The van der Waals surface area contributed by atoms with Crippen molar-refractivity contribution in [1.82, 2.24) is 15.2 Å². The summed E-state index contributed by atoms with van der Waals surface area (Å²) < 4.78 is 26.6. The fraction of sp³-hybridized carbons (Fsp3) is 0.118. The SMILES string of the molecule is Fc1ccc(Nc2nncc(NCCc3ccc(Cl)cc3Cl)n2)c(F)c1. The van der Waals surface area contributed by atoms with E-state index in [0.717, 1.165) is 17.7 Å². The van der Waals surface area contributed by atoms with E-state index in [1.54, 1.807) is 12.1 Å².